The first kappa shape index (κ1) is 28.0. The number of aromatic amines is 1. The molecule has 6 rings (SSSR count). The highest BCUT2D eigenvalue weighted by atomic mass is 32.7. The van der Waals surface area contributed by atoms with Crippen LogP contribution >= 0.6 is 25.8 Å². The highest BCUT2D eigenvalue weighted by Crippen LogP contribution is 2.57. The molecule has 6 heterocycles. The first-order chi connectivity index (χ1) is 19.0. The lowest BCUT2D eigenvalue weighted by Crippen LogP contribution is -2.32. The second-order valence-corrected chi connectivity index (χ2v) is 14.5. The van der Waals surface area contributed by atoms with Gasteiger partial charge in [0.05, 0.1) is 25.7 Å². The smallest absolute Gasteiger partial charge is 0.346 e. The number of halogens is 1. The highest BCUT2D eigenvalue weighted by Gasteiger charge is 2.51. The lowest BCUT2D eigenvalue weighted by atomic mass is 10.1. The maximum absolute atomic E-state index is 15.8. The van der Waals surface area contributed by atoms with Crippen molar-refractivity contribution in [2.75, 3.05) is 13.2 Å². The van der Waals surface area contributed by atoms with Crippen LogP contribution in [0.4, 0.5) is 4.39 Å². The van der Waals surface area contributed by atoms with Gasteiger partial charge in [-0.15, -0.1) is 0 Å². The molecule has 1 fully saturated rings. The molecule has 2 N–H and O–H groups in total. The standard InChI is InChI=1S/C19H21FN8O8P2S2/c1-9-24-17-14(18(29)25-9)23-8-28(17)19-15-13(20)11(35-19)5-33-37(30,39)32-3-2-27-12(6-34-38(31,40)36-15)26-10-4-21-7-22-16(10)27/h4,7-8,11,13,15,19H,2-3,5-6H2,1H3,(H,30,39)(H,31,40)(H,24,25,29)/t11-,13-,15-,19-,37?,38?/m1/s1. The molecule has 2 aliphatic heterocycles. The molecule has 4 aromatic rings. The number of ether oxygens (including phenoxy) is 1. The van der Waals surface area contributed by atoms with Crippen molar-refractivity contribution in [2.24, 2.45) is 0 Å². The van der Waals surface area contributed by atoms with Crippen molar-refractivity contribution < 1.29 is 36.7 Å². The number of imidazole rings is 2. The monoisotopic (exact) mass is 634 g/mol. The van der Waals surface area contributed by atoms with Gasteiger partial charge in [-0.1, -0.05) is 12.2 Å². The third kappa shape index (κ3) is 5.38. The Balaban J connectivity index is 1.38. The van der Waals surface area contributed by atoms with Crippen LogP contribution in [0.3, 0.4) is 0 Å². The average molecular weight is 635 g/mol. The molecular weight excluding hydrogens is 613 g/mol. The van der Waals surface area contributed by atoms with Crippen LogP contribution in [-0.2, 0) is 52.4 Å². The number of hydrogen-bond acceptors (Lipinski definition) is 13. The SMILES string of the molecule is Cc1nc2c(ncn2[C@@H]2O[C@@H]3COP(O)(=S)OCCn4c(nc5cncnc54)COP(=O)(S)O[C@@H]2[C@@H]3F)c(=O)[nH]1. The third-order valence-corrected chi connectivity index (χ3v) is 9.37. The summed E-state index contributed by atoms with van der Waals surface area (Å²) in [7, 11) is 0. The predicted molar refractivity (Wildman–Crippen MR) is 142 cm³/mol. The molecule has 0 spiro atoms. The van der Waals surface area contributed by atoms with Crippen molar-refractivity contribution >= 4 is 59.9 Å². The fraction of sp³-hybridized carbons (Fsp3) is 0.474. The number of nitrogens with zero attached hydrogens (tertiary/aromatic N) is 7. The van der Waals surface area contributed by atoms with Gasteiger partial charge in [-0.05, 0) is 18.7 Å². The fourth-order valence-corrected chi connectivity index (χ4v) is 6.93. The maximum atomic E-state index is 15.8. The van der Waals surface area contributed by atoms with Gasteiger partial charge in [-0.2, -0.15) is 0 Å². The van der Waals surface area contributed by atoms with E-state index in [2.05, 4.69) is 42.2 Å². The van der Waals surface area contributed by atoms with Gasteiger partial charge in [0.25, 0.3) is 5.56 Å². The van der Waals surface area contributed by atoms with Crippen LogP contribution in [0.1, 0.15) is 17.9 Å². The molecule has 0 amide bonds. The van der Waals surface area contributed by atoms with Crippen molar-refractivity contribution in [3.8, 4) is 0 Å². The Bertz CT molecular complexity index is 1750. The maximum Gasteiger partial charge on any atom is 0.387 e. The van der Waals surface area contributed by atoms with E-state index in [-0.39, 0.29) is 42.6 Å². The summed E-state index contributed by atoms with van der Waals surface area (Å²) < 4.78 is 59.8. The van der Waals surface area contributed by atoms with E-state index in [0.29, 0.717) is 11.2 Å². The fourth-order valence-electron chi connectivity index (χ4n) is 4.43. The van der Waals surface area contributed by atoms with Gasteiger partial charge in [-0.25, -0.2) is 33.9 Å². The van der Waals surface area contributed by atoms with Crippen molar-refractivity contribution in [3.63, 3.8) is 0 Å². The van der Waals surface area contributed by atoms with Crippen LogP contribution < -0.4 is 5.56 Å². The quantitative estimate of drug-likeness (QED) is 0.203. The number of rotatable bonds is 1. The molecule has 0 aliphatic carbocycles. The zero-order valence-electron chi connectivity index (χ0n) is 20.4. The molecular formula is C19H21FN8O8P2S2. The van der Waals surface area contributed by atoms with Crippen LogP contribution in [0.15, 0.2) is 23.6 Å². The molecule has 1 saturated heterocycles. The Morgan fingerprint density at radius 1 is 1.25 bits per heavy atom. The Labute approximate surface area is 234 Å². The van der Waals surface area contributed by atoms with Gasteiger partial charge in [0.15, 0.2) is 29.2 Å². The third-order valence-electron chi connectivity index (χ3n) is 6.16. The molecule has 6 atom stereocenters. The second kappa shape index (κ2) is 10.6. The summed E-state index contributed by atoms with van der Waals surface area (Å²) >= 11 is 9.16. The van der Waals surface area contributed by atoms with Crippen LogP contribution in [0.25, 0.3) is 22.3 Å². The molecule has 2 unspecified atom stereocenters. The van der Waals surface area contributed by atoms with Gasteiger partial charge in [0, 0.05) is 6.54 Å². The second-order valence-electron chi connectivity index (χ2n) is 8.81. The Hall–Kier alpha value is -2.18. The topological polar surface area (TPSA) is 191 Å². The zero-order chi connectivity index (χ0) is 28.2. The van der Waals surface area contributed by atoms with E-state index in [0.717, 1.165) is 0 Å². The normalized spacial score (nSPS) is 32.1. The number of H-pyrrole nitrogens is 1. The van der Waals surface area contributed by atoms with Crippen molar-refractivity contribution in [3.05, 3.63) is 40.9 Å². The summed E-state index contributed by atoms with van der Waals surface area (Å²) in [6, 6.07) is 0. The number of hydrogen-bond donors (Lipinski definition) is 3. The Morgan fingerprint density at radius 2 is 2.08 bits per heavy atom. The van der Waals surface area contributed by atoms with Crippen LogP contribution in [-0.4, -0.2) is 75.5 Å². The summed E-state index contributed by atoms with van der Waals surface area (Å²) in [4.78, 5) is 46.3. The number of aromatic nitrogens is 8. The molecule has 4 aromatic heterocycles. The van der Waals surface area contributed by atoms with Gasteiger partial charge >= 0.3 is 13.5 Å². The average Bonchev–Trinajstić information content (AvgIpc) is 3.55. The van der Waals surface area contributed by atoms with Gasteiger partial charge < -0.3 is 28.2 Å². The molecule has 0 radical (unpaired) electrons. The van der Waals surface area contributed by atoms with E-state index in [4.69, 9.17) is 34.6 Å². The molecule has 214 valence electrons. The van der Waals surface area contributed by atoms with E-state index in [1.54, 1.807) is 11.5 Å². The van der Waals surface area contributed by atoms with Gasteiger partial charge in [0.1, 0.15) is 42.3 Å². The lowest BCUT2D eigenvalue weighted by Gasteiger charge is -2.24. The van der Waals surface area contributed by atoms with E-state index in [1.807, 2.05) is 0 Å². The first-order valence-electron chi connectivity index (χ1n) is 11.7. The first-order valence-corrected chi connectivity index (χ1v) is 17.0. The summed E-state index contributed by atoms with van der Waals surface area (Å²) in [5, 5.41) is 0. The van der Waals surface area contributed by atoms with E-state index in [1.165, 1.54) is 23.4 Å². The molecule has 21 heteroatoms. The summed E-state index contributed by atoms with van der Waals surface area (Å²) in [5.74, 6) is 0.530. The molecule has 16 nitrogen and oxygen atoms in total. The van der Waals surface area contributed by atoms with E-state index >= 15 is 4.39 Å². The number of fused-ring (bicyclic) bond motifs is 6. The van der Waals surface area contributed by atoms with E-state index < -0.39 is 50.3 Å². The number of alkyl halides is 1. The minimum atomic E-state index is -4.27. The van der Waals surface area contributed by atoms with Crippen molar-refractivity contribution in [2.45, 2.75) is 44.7 Å². The van der Waals surface area contributed by atoms with Crippen molar-refractivity contribution in [1.29, 1.82) is 0 Å². The molecule has 0 saturated carbocycles. The number of nitrogens with one attached hydrogen (secondary N) is 1. The number of thiol groups is 1. The lowest BCUT2D eigenvalue weighted by molar-refractivity contribution is -0.0453. The van der Waals surface area contributed by atoms with Crippen molar-refractivity contribution in [1.82, 2.24) is 39.0 Å². The summed E-state index contributed by atoms with van der Waals surface area (Å²) in [6.07, 6.45) is -2.25. The minimum Gasteiger partial charge on any atom is -0.346 e. The van der Waals surface area contributed by atoms with Crippen LogP contribution in [0, 0.1) is 6.92 Å². The Kier molecular flexibility index (Phi) is 7.40. The molecule has 2 bridgehead atoms. The summed E-state index contributed by atoms with van der Waals surface area (Å²) in [5.41, 5.74) is 0.360. The molecule has 0 aromatic carbocycles. The zero-order valence-corrected chi connectivity index (χ0v) is 23.9. The Morgan fingerprint density at radius 3 is 2.90 bits per heavy atom. The highest BCUT2D eigenvalue weighted by molar-refractivity contribution is 8.44. The largest absolute Gasteiger partial charge is 0.387 e. The molecule has 40 heavy (non-hydrogen) atoms. The van der Waals surface area contributed by atoms with Gasteiger partial charge in [-0.3, -0.25) is 18.4 Å². The number of aryl methyl sites for hydroxylation is 1. The van der Waals surface area contributed by atoms with E-state index in [9.17, 15) is 14.3 Å². The molecule has 2 aliphatic rings. The van der Waals surface area contributed by atoms with Crippen LogP contribution in [0.2, 0.25) is 0 Å². The summed E-state index contributed by atoms with van der Waals surface area (Å²) in [6.45, 7) is -7.47. The van der Waals surface area contributed by atoms with Crippen LogP contribution in [0.5, 0.6) is 0 Å². The van der Waals surface area contributed by atoms with Gasteiger partial charge in [0.2, 0.25) is 0 Å². The predicted octanol–water partition coefficient (Wildman–Crippen LogP) is 1.71. The minimum absolute atomic E-state index is 0.0308.